The van der Waals surface area contributed by atoms with Crippen LogP contribution in [0.25, 0.3) is 0 Å². The van der Waals surface area contributed by atoms with Gasteiger partial charge in [-0.15, -0.1) is 0 Å². The van der Waals surface area contributed by atoms with Crippen LogP contribution in [0, 0.1) is 0 Å². The van der Waals surface area contributed by atoms with E-state index in [4.69, 9.17) is 26.6 Å². The van der Waals surface area contributed by atoms with E-state index in [0.29, 0.717) is 12.1 Å². The lowest BCUT2D eigenvalue weighted by molar-refractivity contribution is 0.109. The molecule has 0 saturated carbocycles. The Morgan fingerprint density at radius 2 is 0.706 bits per heavy atom. The molecule has 0 spiro atoms. The van der Waals surface area contributed by atoms with Gasteiger partial charge < -0.3 is 26.6 Å². The van der Waals surface area contributed by atoms with Crippen LogP contribution in [0.1, 0.15) is 0 Å². The molecular formula is C8H26O6Si3. The third-order valence-corrected chi connectivity index (χ3v) is 8.56. The summed E-state index contributed by atoms with van der Waals surface area (Å²) in [7, 11) is 4.31. The van der Waals surface area contributed by atoms with Crippen LogP contribution >= 0.6 is 0 Å². The van der Waals surface area contributed by atoms with E-state index in [1.807, 2.05) is 0 Å². The van der Waals surface area contributed by atoms with Crippen molar-refractivity contribution in [3.63, 3.8) is 0 Å². The summed E-state index contributed by atoms with van der Waals surface area (Å²) < 4.78 is 31.9. The van der Waals surface area contributed by atoms with E-state index in [-0.39, 0.29) is 11.0 Å². The molecule has 0 aromatic carbocycles. The fourth-order valence-corrected chi connectivity index (χ4v) is 6.09. The summed E-state index contributed by atoms with van der Waals surface area (Å²) in [5.41, 5.74) is 0. The molecule has 0 unspecified atom stereocenters. The maximum absolute atomic E-state index is 5.32. The molecule has 9 heteroatoms. The van der Waals surface area contributed by atoms with Crippen LogP contribution in [0.3, 0.4) is 0 Å². The molecule has 0 aliphatic carbocycles. The second-order valence-corrected chi connectivity index (χ2v) is 9.27. The lowest BCUT2D eigenvalue weighted by Crippen LogP contribution is -2.48. The molecule has 0 atom stereocenters. The molecule has 0 saturated heterocycles. The van der Waals surface area contributed by atoms with E-state index >= 15 is 0 Å². The van der Waals surface area contributed by atoms with Crippen LogP contribution in [-0.4, -0.2) is 71.2 Å². The van der Waals surface area contributed by atoms with Gasteiger partial charge in [0.2, 0.25) is 0 Å². The highest BCUT2D eigenvalue weighted by Gasteiger charge is 2.45. The molecule has 0 aliphatic rings. The Morgan fingerprint density at radius 3 is 0.824 bits per heavy atom. The Hall–Kier alpha value is 0.411. The third kappa shape index (κ3) is 5.28. The molecule has 106 valence electrons. The second kappa shape index (κ2) is 9.36. The molecule has 0 aromatic heterocycles. The standard InChI is InChI=1S/C8H22O6Si2.H4Si/c1-9-15(10-2,11-3)7-8-16(12-4,13-5)14-6;/h7-8H2,1-6H3;1H4. The summed E-state index contributed by atoms with van der Waals surface area (Å²) in [5.74, 6) is 0. The topological polar surface area (TPSA) is 55.4 Å². The van der Waals surface area contributed by atoms with E-state index in [1.54, 1.807) is 42.7 Å². The van der Waals surface area contributed by atoms with E-state index in [1.165, 1.54) is 0 Å². The van der Waals surface area contributed by atoms with Crippen LogP contribution in [0.5, 0.6) is 0 Å². The fourth-order valence-electron chi connectivity index (χ4n) is 1.42. The maximum Gasteiger partial charge on any atom is 0.500 e. The van der Waals surface area contributed by atoms with E-state index in [0.717, 1.165) is 0 Å². The first-order valence-electron chi connectivity index (χ1n) is 4.88. The van der Waals surface area contributed by atoms with Crippen molar-refractivity contribution in [2.45, 2.75) is 12.1 Å². The average Bonchev–Trinajstić information content (AvgIpc) is 2.37. The lowest BCUT2D eigenvalue weighted by atomic mass is 11.0. The van der Waals surface area contributed by atoms with Gasteiger partial charge in [-0.3, -0.25) is 0 Å². The zero-order valence-corrected chi connectivity index (χ0v) is 12.9. The largest absolute Gasteiger partial charge is 0.500 e. The smallest absolute Gasteiger partial charge is 0.377 e. The molecule has 0 radical (unpaired) electrons. The predicted octanol–water partition coefficient (Wildman–Crippen LogP) is -0.709. The van der Waals surface area contributed by atoms with Crippen LogP contribution in [0.4, 0.5) is 0 Å². The quantitative estimate of drug-likeness (QED) is 0.525. The van der Waals surface area contributed by atoms with Gasteiger partial charge in [0.1, 0.15) is 0 Å². The van der Waals surface area contributed by atoms with Gasteiger partial charge in [-0.1, -0.05) is 0 Å². The molecule has 0 heterocycles. The van der Waals surface area contributed by atoms with Gasteiger partial charge in [-0.2, -0.15) is 0 Å². The average molecular weight is 303 g/mol. The van der Waals surface area contributed by atoms with Gasteiger partial charge in [0, 0.05) is 54.7 Å². The Labute approximate surface area is 110 Å². The van der Waals surface area contributed by atoms with Crippen LogP contribution in [-0.2, 0) is 26.6 Å². The minimum absolute atomic E-state index is 0. The zero-order valence-electron chi connectivity index (χ0n) is 10.9. The summed E-state index contributed by atoms with van der Waals surface area (Å²) in [4.78, 5) is 0. The molecular weight excluding hydrogens is 276 g/mol. The summed E-state index contributed by atoms with van der Waals surface area (Å²) in [5, 5.41) is 0. The molecule has 0 rings (SSSR count). The molecule has 0 aromatic rings. The van der Waals surface area contributed by atoms with E-state index in [9.17, 15) is 0 Å². The highest BCUT2D eigenvalue weighted by atomic mass is 28.4. The highest BCUT2D eigenvalue weighted by molar-refractivity contribution is 6.66. The third-order valence-electron chi connectivity index (χ3n) is 2.60. The van der Waals surface area contributed by atoms with Gasteiger partial charge in [0.25, 0.3) is 0 Å². The van der Waals surface area contributed by atoms with E-state index < -0.39 is 17.6 Å². The lowest BCUT2D eigenvalue weighted by Gasteiger charge is -2.29. The molecule has 17 heavy (non-hydrogen) atoms. The van der Waals surface area contributed by atoms with Crippen molar-refractivity contribution in [2.75, 3.05) is 42.7 Å². The molecule has 0 amide bonds. The monoisotopic (exact) mass is 302 g/mol. The van der Waals surface area contributed by atoms with Gasteiger partial charge >= 0.3 is 17.6 Å². The maximum atomic E-state index is 5.32. The Kier molecular flexibility index (Phi) is 10.9. The molecule has 0 bridgehead atoms. The summed E-state index contributed by atoms with van der Waals surface area (Å²) >= 11 is 0. The molecule has 0 aliphatic heterocycles. The Morgan fingerprint density at radius 1 is 0.529 bits per heavy atom. The summed E-state index contributed by atoms with van der Waals surface area (Å²) in [6.45, 7) is 0. The van der Waals surface area contributed by atoms with Gasteiger partial charge in [0.05, 0.1) is 0 Å². The van der Waals surface area contributed by atoms with Gasteiger partial charge in [0.15, 0.2) is 0 Å². The Bertz CT molecular complexity index is 150. The zero-order chi connectivity index (χ0) is 12.7. The van der Waals surface area contributed by atoms with Crippen LogP contribution in [0.2, 0.25) is 12.1 Å². The van der Waals surface area contributed by atoms with E-state index in [2.05, 4.69) is 0 Å². The summed E-state index contributed by atoms with van der Waals surface area (Å²) in [6.07, 6.45) is 0. The minimum atomic E-state index is -2.58. The minimum Gasteiger partial charge on any atom is -0.377 e. The van der Waals surface area contributed by atoms with Crippen molar-refractivity contribution in [1.29, 1.82) is 0 Å². The normalized spacial score (nSPS) is 12.4. The first-order valence-corrected chi connectivity index (χ1v) is 8.75. The van der Waals surface area contributed by atoms with Crippen LogP contribution < -0.4 is 0 Å². The first kappa shape index (κ1) is 19.7. The molecule has 6 nitrogen and oxygen atoms in total. The van der Waals surface area contributed by atoms with Crippen molar-refractivity contribution < 1.29 is 26.6 Å². The van der Waals surface area contributed by atoms with Gasteiger partial charge in [-0.25, -0.2) is 0 Å². The van der Waals surface area contributed by atoms with Crippen molar-refractivity contribution in [1.82, 2.24) is 0 Å². The molecule has 0 N–H and O–H groups in total. The second-order valence-electron chi connectivity index (χ2n) is 3.09. The van der Waals surface area contributed by atoms with Crippen molar-refractivity contribution >= 4 is 28.6 Å². The number of hydrogen-bond donors (Lipinski definition) is 0. The van der Waals surface area contributed by atoms with Crippen LogP contribution in [0.15, 0.2) is 0 Å². The Balaban J connectivity index is 0. The number of hydrogen-bond acceptors (Lipinski definition) is 6. The van der Waals surface area contributed by atoms with Crippen molar-refractivity contribution in [2.24, 2.45) is 0 Å². The van der Waals surface area contributed by atoms with Crippen molar-refractivity contribution in [3.8, 4) is 0 Å². The first-order chi connectivity index (χ1) is 7.57. The SMILES string of the molecule is CO[Si](CC[Si](OC)(OC)OC)(OC)OC.[SiH4]. The fraction of sp³-hybridized carbons (Fsp3) is 1.00. The summed E-state index contributed by atoms with van der Waals surface area (Å²) in [6, 6.07) is 1.19. The van der Waals surface area contributed by atoms with Crippen molar-refractivity contribution in [3.05, 3.63) is 0 Å². The van der Waals surface area contributed by atoms with Gasteiger partial charge in [-0.05, 0) is 11.0 Å². The highest BCUT2D eigenvalue weighted by Crippen LogP contribution is 2.23. The number of rotatable bonds is 9. The molecule has 0 fully saturated rings. The predicted molar refractivity (Wildman–Crippen MR) is 74.5 cm³/mol.